The van der Waals surface area contributed by atoms with Crippen molar-refractivity contribution in [3.05, 3.63) is 293 Å². The Morgan fingerprint density at radius 2 is 0.719 bits per heavy atom. The molecule has 0 radical (unpaired) electrons. The van der Waals surface area contributed by atoms with E-state index in [-0.39, 0.29) is 0 Å². The summed E-state index contributed by atoms with van der Waals surface area (Å²) in [7, 11) is 0. The van der Waals surface area contributed by atoms with Crippen molar-refractivity contribution in [2.45, 2.75) is 10.8 Å². The molecule has 13 rings (SSSR count). The van der Waals surface area contributed by atoms with Gasteiger partial charge in [-0.2, -0.15) is 0 Å². The van der Waals surface area contributed by atoms with E-state index in [0.29, 0.717) is 0 Å². The molecule has 10 aromatic rings. The summed E-state index contributed by atoms with van der Waals surface area (Å²) in [5.41, 5.74) is 19.2. The third-order valence-corrected chi connectivity index (χ3v) is 14.0. The Kier molecular flexibility index (Phi) is 8.07. The van der Waals surface area contributed by atoms with Crippen molar-refractivity contribution in [3.63, 3.8) is 0 Å². The molecule has 1 aliphatic heterocycles. The first-order valence-electron chi connectivity index (χ1n) is 22.2. The van der Waals surface area contributed by atoms with Crippen LogP contribution in [-0.2, 0) is 10.8 Å². The third kappa shape index (κ3) is 5.02. The SMILES string of the molecule is c1ccc(-c2cccc3c2Oc2ccccc2C32c3ccccc3-c3ccc(N(c4ccccc4)c4ccc5c(c4)C(c4ccccc4)(c4ccccc4)c4ccccc4-5)cc32)cc1. The molecule has 1 unspecified atom stereocenters. The molecule has 300 valence electrons. The lowest BCUT2D eigenvalue weighted by Crippen LogP contribution is -2.32. The largest absolute Gasteiger partial charge is 0.456 e. The van der Waals surface area contributed by atoms with Crippen molar-refractivity contribution in [3.8, 4) is 44.9 Å². The number of hydrogen-bond donors (Lipinski definition) is 0. The molecule has 3 aliphatic rings. The zero-order valence-electron chi connectivity index (χ0n) is 35.0. The molecule has 1 atom stereocenters. The average Bonchev–Trinajstić information content (AvgIpc) is 3.83. The first kappa shape index (κ1) is 36.5. The van der Waals surface area contributed by atoms with E-state index in [1.807, 2.05) is 0 Å². The maximum atomic E-state index is 7.05. The van der Waals surface area contributed by atoms with Gasteiger partial charge in [-0.15, -0.1) is 0 Å². The van der Waals surface area contributed by atoms with E-state index in [4.69, 9.17) is 4.74 Å². The molecule has 64 heavy (non-hydrogen) atoms. The second kappa shape index (κ2) is 14.2. The molecular formula is C62H41NO. The average molecular weight is 816 g/mol. The van der Waals surface area contributed by atoms with Gasteiger partial charge in [0, 0.05) is 33.8 Å². The summed E-state index contributed by atoms with van der Waals surface area (Å²) < 4.78 is 7.05. The van der Waals surface area contributed by atoms with Crippen molar-refractivity contribution >= 4 is 17.1 Å². The topological polar surface area (TPSA) is 12.5 Å². The van der Waals surface area contributed by atoms with Crippen LogP contribution in [0.5, 0.6) is 11.5 Å². The van der Waals surface area contributed by atoms with Crippen LogP contribution in [0.3, 0.4) is 0 Å². The van der Waals surface area contributed by atoms with Crippen molar-refractivity contribution < 1.29 is 4.74 Å². The zero-order valence-corrected chi connectivity index (χ0v) is 35.0. The minimum Gasteiger partial charge on any atom is -0.456 e. The lowest BCUT2D eigenvalue weighted by atomic mass is 9.65. The summed E-state index contributed by atoms with van der Waals surface area (Å²) in [6.07, 6.45) is 0. The van der Waals surface area contributed by atoms with E-state index in [9.17, 15) is 0 Å². The van der Waals surface area contributed by atoms with Crippen molar-refractivity contribution in [1.29, 1.82) is 0 Å². The van der Waals surface area contributed by atoms with Crippen LogP contribution in [0.4, 0.5) is 17.1 Å². The van der Waals surface area contributed by atoms with Gasteiger partial charge in [0.1, 0.15) is 11.5 Å². The van der Waals surface area contributed by atoms with Gasteiger partial charge in [-0.05, 0) is 104 Å². The van der Waals surface area contributed by atoms with Crippen molar-refractivity contribution in [2.75, 3.05) is 4.90 Å². The van der Waals surface area contributed by atoms with E-state index in [1.165, 1.54) is 55.6 Å². The van der Waals surface area contributed by atoms with Crippen LogP contribution in [-0.4, -0.2) is 0 Å². The van der Waals surface area contributed by atoms with Gasteiger partial charge >= 0.3 is 0 Å². The van der Waals surface area contributed by atoms with Crippen LogP contribution in [0.1, 0.15) is 44.5 Å². The Morgan fingerprint density at radius 3 is 1.33 bits per heavy atom. The first-order valence-corrected chi connectivity index (χ1v) is 22.2. The predicted molar refractivity (Wildman–Crippen MR) is 261 cm³/mol. The van der Waals surface area contributed by atoms with Gasteiger partial charge in [0.25, 0.3) is 0 Å². The summed E-state index contributed by atoms with van der Waals surface area (Å²) in [6.45, 7) is 0. The molecule has 1 heterocycles. The highest BCUT2D eigenvalue weighted by Crippen LogP contribution is 2.64. The lowest BCUT2D eigenvalue weighted by Gasteiger charge is -2.40. The molecule has 0 saturated heterocycles. The van der Waals surface area contributed by atoms with E-state index in [2.05, 4.69) is 254 Å². The van der Waals surface area contributed by atoms with Crippen LogP contribution in [0, 0.1) is 0 Å². The first-order chi connectivity index (χ1) is 31.8. The zero-order chi connectivity index (χ0) is 42.2. The number of nitrogens with zero attached hydrogens (tertiary/aromatic N) is 1. The number of hydrogen-bond acceptors (Lipinski definition) is 2. The van der Waals surface area contributed by atoms with Crippen molar-refractivity contribution in [2.24, 2.45) is 0 Å². The summed E-state index contributed by atoms with van der Waals surface area (Å²) >= 11 is 0. The molecule has 0 amide bonds. The Balaban J connectivity index is 1.08. The van der Waals surface area contributed by atoms with Gasteiger partial charge in [-0.1, -0.05) is 206 Å². The van der Waals surface area contributed by atoms with E-state index in [1.54, 1.807) is 0 Å². The molecule has 2 nitrogen and oxygen atoms in total. The lowest BCUT2D eigenvalue weighted by molar-refractivity contribution is 0.438. The molecule has 2 heteroatoms. The predicted octanol–water partition coefficient (Wildman–Crippen LogP) is 15.7. The molecule has 10 aromatic carbocycles. The Bertz CT molecular complexity index is 3380. The fraction of sp³-hybridized carbons (Fsp3) is 0.0323. The summed E-state index contributed by atoms with van der Waals surface area (Å²) in [4.78, 5) is 2.45. The minimum absolute atomic E-state index is 0.525. The van der Waals surface area contributed by atoms with E-state index < -0.39 is 10.8 Å². The fourth-order valence-corrected chi connectivity index (χ4v) is 11.5. The Labute approximate surface area is 374 Å². The highest BCUT2D eigenvalue weighted by atomic mass is 16.5. The molecule has 0 N–H and O–H groups in total. The normalized spacial score (nSPS) is 15.5. The van der Waals surface area contributed by atoms with Gasteiger partial charge in [-0.3, -0.25) is 0 Å². The van der Waals surface area contributed by atoms with Crippen LogP contribution >= 0.6 is 0 Å². The molecule has 1 spiro atoms. The number of para-hydroxylation sites is 3. The van der Waals surface area contributed by atoms with Crippen molar-refractivity contribution in [1.82, 2.24) is 0 Å². The molecule has 0 bridgehead atoms. The summed E-state index contributed by atoms with van der Waals surface area (Å²) in [6, 6.07) is 91.2. The van der Waals surface area contributed by atoms with Gasteiger partial charge in [0.15, 0.2) is 0 Å². The molecule has 2 aliphatic carbocycles. The number of benzene rings is 10. The van der Waals surface area contributed by atoms with Gasteiger partial charge < -0.3 is 9.64 Å². The van der Waals surface area contributed by atoms with Gasteiger partial charge in [0.05, 0.1) is 10.8 Å². The number of ether oxygens (including phenoxy) is 1. The molecule has 0 aromatic heterocycles. The van der Waals surface area contributed by atoms with Gasteiger partial charge in [-0.25, -0.2) is 0 Å². The Morgan fingerprint density at radius 1 is 0.281 bits per heavy atom. The van der Waals surface area contributed by atoms with Gasteiger partial charge in [0.2, 0.25) is 0 Å². The molecule has 0 fully saturated rings. The van der Waals surface area contributed by atoms with Crippen LogP contribution in [0.15, 0.2) is 249 Å². The summed E-state index contributed by atoms with van der Waals surface area (Å²) in [5.74, 6) is 1.78. The fourth-order valence-electron chi connectivity index (χ4n) is 11.5. The summed E-state index contributed by atoms with van der Waals surface area (Å²) in [5, 5.41) is 0. The standard InChI is InChI=1S/C62H41NO/c1-5-20-42(21-6-1)48-30-19-34-56-60(48)64-59-35-18-17-33-55(59)62(56)54-32-16-14-29-50(54)52-39-37-47(41-58(52)62)63(45-26-11-4-12-27-45)46-36-38-51-49-28-13-15-31-53(49)61(57(51)40-46,43-22-7-2-8-23-43)44-24-9-3-10-25-44/h1-41H. The number of anilines is 3. The maximum absolute atomic E-state index is 7.05. The number of fused-ring (bicyclic) bond motifs is 12. The Hall–Kier alpha value is -8.20. The number of rotatable bonds is 6. The monoisotopic (exact) mass is 815 g/mol. The van der Waals surface area contributed by atoms with E-state index >= 15 is 0 Å². The second-order valence-electron chi connectivity index (χ2n) is 17.1. The van der Waals surface area contributed by atoms with Crippen LogP contribution < -0.4 is 9.64 Å². The van der Waals surface area contributed by atoms with E-state index in [0.717, 1.165) is 50.8 Å². The minimum atomic E-state index is -0.644. The highest BCUT2D eigenvalue weighted by molar-refractivity contribution is 5.94. The quantitative estimate of drug-likeness (QED) is 0.166. The van der Waals surface area contributed by atoms with Crippen LogP contribution in [0.2, 0.25) is 0 Å². The third-order valence-electron chi connectivity index (χ3n) is 14.0. The highest BCUT2D eigenvalue weighted by Gasteiger charge is 2.52. The van der Waals surface area contributed by atoms with Crippen LogP contribution in [0.25, 0.3) is 33.4 Å². The maximum Gasteiger partial charge on any atom is 0.140 e. The second-order valence-corrected chi connectivity index (χ2v) is 17.1. The smallest absolute Gasteiger partial charge is 0.140 e. The molecular weight excluding hydrogens is 775 g/mol. The molecule has 0 saturated carbocycles.